The molecule has 0 aliphatic rings. The highest BCUT2D eigenvalue weighted by Crippen LogP contribution is 2.36. The van der Waals surface area contributed by atoms with Gasteiger partial charge in [0.05, 0.1) is 12.7 Å². The van der Waals surface area contributed by atoms with Gasteiger partial charge in [-0.1, -0.05) is 164 Å². The maximum atomic E-state index is 12.4. The highest BCUT2D eigenvalue weighted by Gasteiger charge is 2.22. The van der Waals surface area contributed by atoms with E-state index in [1.54, 1.807) is 6.08 Å². The fraction of sp³-hybridized carbons (Fsp3) is 0.667. The third kappa shape index (κ3) is 37.2. The Hall–Kier alpha value is -2.55. The molecular formula is C42H71O9P. The summed E-state index contributed by atoms with van der Waals surface area (Å²) in [5, 5.41) is 9.96. The first kappa shape index (κ1) is 49.5. The number of carbonyl (C=O) groups is 2. The zero-order valence-electron chi connectivity index (χ0n) is 32.5. The molecule has 10 heteroatoms. The predicted molar refractivity (Wildman–Crippen MR) is 213 cm³/mol. The number of unbranched alkanes of at least 4 members (excludes halogenated alkanes) is 9. The second-order valence-electron chi connectivity index (χ2n) is 13.3. The number of esters is 2. The second kappa shape index (κ2) is 35.5. The van der Waals surface area contributed by atoms with Gasteiger partial charge in [-0.25, -0.2) is 4.57 Å². The van der Waals surface area contributed by atoms with E-state index in [-0.39, 0.29) is 19.4 Å². The monoisotopic (exact) mass is 750 g/mol. The number of aliphatic hydroxyl groups is 1. The molecule has 0 rings (SSSR count). The van der Waals surface area contributed by atoms with Crippen LogP contribution in [0.3, 0.4) is 0 Å². The van der Waals surface area contributed by atoms with E-state index in [4.69, 9.17) is 19.3 Å². The van der Waals surface area contributed by atoms with Crippen molar-refractivity contribution in [1.82, 2.24) is 0 Å². The van der Waals surface area contributed by atoms with Gasteiger partial charge in [0.1, 0.15) is 6.61 Å². The van der Waals surface area contributed by atoms with Crippen LogP contribution in [0.15, 0.2) is 72.9 Å². The van der Waals surface area contributed by atoms with E-state index in [2.05, 4.69) is 43.5 Å². The molecule has 0 saturated carbocycles. The molecule has 0 aliphatic carbocycles. The summed E-state index contributed by atoms with van der Waals surface area (Å²) in [7, 11) is -4.78. The topological polar surface area (TPSA) is 140 Å². The van der Waals surface area contributed by atoms with Crippen LogP contribution in [-0.2, 0) is 28.2 Å². The maximum Gasteiger partial charge on any atom is 0.469 e. The number of rotatable bonds is 34. The Morgan fingerprint density at radius 2 is 1.25 bits per heavy atom. The fourth-order valence-corrected chi connectivity index (χ4v) is 5.41. The molecule has 3 atom stereocenters. The number of phosphoric ester groups is 1. The summed E-state index contributed by atoms with van der Waals surface area (Å²) in [6.07, 6.45) is 40.9. The summed E-state index contributed by atoms with van der Waals surface area (Å²) in [4.78, 5) is 42.7. The van der Waals surface area contributed by atoms with E-state index in [1.165, 1.54) is 51.4 Å². The van der Waals surface area contributed by atoms with Crippen LogP contribution >= 0.6 is 7.82 Å². The number of allylic oxidation sites excluding steroid dienone is 10. The average Bonchev–Trinajstić information content (AvgIpc) is 3.11. The molecule has 0 fully saturated rings. The standard InChI is InChI=1S/C42H71O9P/c1-4-6-7-8-22-27-32-39(43)33-28-23-18-14-10-12-15-19-24-29-34-41(44)49-36-40(37-50-52(46,47)48)51-42(45)35-30-25-20-16-11-9-13-17-21-26-31-38(3)5-2/h6-7,10,12,18-19,22-24,27-28,33,38-40,43H,4-5,8-9,11,13-17,20-21,25-26,29-32,34-37H2,1-3H3,(H2,46,47,48)/b7-6-,12-10-,23-18-,24-19-,27-22-,33-28+/t38?,39?,40-/m1/s1. The molecule has 0 aromatic heterocycles. The predicted octanol–water partition coefficient (Wildman–Crippen LogP) is 10.7. The molecule has 3 N–H and O–H groups in total. The van der Waals surface area contributed by atoms with Gasteiger partial charge in [-0.15, -0.1) is 0 Å². The number of aliphatic hydroxyl groups excluding tert-OH is 1. The summed E-state index contributed by atoms with van der Waals surface area (Å²) in [5.41, 5.74) is 0. The first-order valence-electron chi connectivity index (χ1n) is 19.7. The van der Waals surface area contributed by atoms with Crippen molar-refractivity contribution in [2.75, 3.05) is 13.2 Å². The van der Waals surface area contributed by atoms with Gasteiger partial charge in [0.15, 0.2) is 6.10 Å². The van der Waals surface area contributed by atoms with Crippen LogP contribution in [0.1, 0.15) is 149 Å². The van der Waals surface area contributed by atoms with Crippen molar-refractivity contribution in [3.8, 4) is 0 Å². The zero-order chi connectivity index (χ0) is 38.5. The Bertz CT molecular complexity index is 1100. The highest BCUT2D eigenvalue weighted by molar-refractivity contribution is 7.46. The van der Waals surface area contributed by atoms with Gasteiger partial charge in [0.25, 0.3) is 0 Å². The van der Waals surface area contributed by atoms with Gasteiger partial charge in [-0.2, -0.15) is 0 Å². The van der Waals surface area contributed by atoms with Crippen molar-refractivity contribution >= 4 is 19.8 Å². The zero-order valence-corrected chi connectivity index (χ0v) is 33.3. The second-order valence-corrected chi connectivity index (χ2v) is 14.6. The first-order valence-corrected chi connectivity index (χ1v) is 21.3. The minimum atomic E-state index is -4.78. The molecule has 0 spiro atoms. The van der Waals surface area contributed by atoms with Gasteiger partial charge in [-0.05, 0) is 50.9 Å². The average molecular weight is 751 g/mol. The lowest BCUT2D eigenvalue weighted by Crippen LogP contribution is -2.29. The summed E-state index contributed by atoms with van der Waals surface area (Å²) in [5.74, 6) is -0.180. The Kier molecular flexibility index (Phi) is 33.7. The van der Waals surface area contributed by atoms with Gasteiger partial charge < -0.3 is 24.4 Å². The van der Waals surface area contributed by atoms with Crippen molar-refractivity contribution < 1.29 is 43.0 Å². The largest absolute Gasteiger partial charge is 0.469 e. The SMILES string of the molecule is CC/C=C\C/C=C\CC(O)/C=C/C=C\C/C=C\C/C=C\CCC(=O)OC[C@H](COP(=O)(O)O)OC(=O)CCCCCCCCCCCCC(C)CC. The summed E-state index contributed by atoms with van der Waals surface area (Å²) < 4.78 is 26.2. The van der Waals surface area contributed by atoms with E-state index in [9.17, 15) is 19.3 Å². The van der Waals surface area contributed by atoms with Crippen LogP contribution < -0.4 is 0 Å². The minimum Gasteiger partial charge on any atom is -0.462 e. The van der Waals surface area contributed by atoms with Crippen LogP contribution in [0.5, 0.6) is 0 Å². The van der Waals surface area contributed by atoms with E-state index < -0.39 is 38.6 Å². The first-order chi connectivity index (χ1) is 25.1. The fourth-order valence-electron chi connectivity index (χ4n) is 5.05. The molecule has 0 heterocycles. The van der Waals surface area contributed by atoms with Crippen LogP contribution in [0.4, 0.5) is 0 Å². The lowest BCUT2D eigenvalue weighted by atomic mass is 9.99. The molecule has 2 unspecified atom stereocenters. The molecule has 0 radical (unpaired) electrons. The Balaban J connectivity index is 4.16. The minimum absolute atomic E-state index is 0.116. The Morgan fingerprint density at radius 1 is 0.673 bits per heavy atom. The van der Waals surface area contributed by atoms with Crippen molar-refractivity contribution in [2.24, 2.45) is 5.92 Å². The number of ether oxygens (including phenoxy) is 2. The van der Waals surface area contributed by atoms with Crippen LogP contribution in [0, 0.1) is 5.92 Å². The molecule has 0 aromatic rings. The van der Waals surface area contributed by atoms with Crippen LogP contribution in [-0.4, -0.2) is 52.3 Å². The molecule has 0 aromatic carbocycles. The quantitative estimate of drug-likeness (QED) is 0.0193. The normalized spacial score (nSPS) is 14.5. The number of phosphoric acid groups is 1. The maximum absolute atomic E-state index is 12.4. The molecule has 298 valence electrons. The molecule has 52 heavy (non-hydrogen) atoms. The summed E-state index contributed by atoms with van der Waals surface area (Å²) >= 11 is 0. The molecule has 0 saturated heterocycles. The van der Waals surface area contributed by atoms with Crippen molar-refractivity contribution in [3.05, 3.63) is 72.9 Å². The van der Waals surface area contributed by atoms with Crippen molar-refractivity contribution in [2.45, 2.75) is 161 Å². The number of hydrogen-bond donors (Lipinski definition) is 3. The van der Waals surface area contributed by atoms with Gasteiger partial charge in [-0.3, -0.25) is 14.1 Å². The van der Waals surface area contributed by atoms with Crippen LogP contribution in [0.25, 0.3) is 0 Å². The van der Waals surface area contributed by atoms with Gasteiger partial charge in [0.2, 0.25) is 0 Å². The van der Waals surface area contributed by atoms with Gasteiger partial charge in [0, 0.05) is 12.8 Å². The lowest BCUT2D eigenvalue weighted by molar-refractivity contribution is -0.161. The van der Waals surface area contributed by atoms with Crippen molar-refractivity contribution in [1.29, 1.82) is 0 Å². The summed E-state index contributed by atoms with van der Waals surface area (Å²) in [6, 6.07) is 0. The number of carbonyl (C=O) groups excluding carboxylic acids is 2. The van der Waals surface area contributed by atoms with Gasteiger partial charge >= 0.3 is 19.8 Å². The Morgan fingerprint density at radius 3 is 1.88 bits per heavy atom. The highest BCUT2D eigenvalue weighted by atomic mass is 31.2. The molecule has 0 aliphatic heterocycles. The van der Waals surface area contributed by atoms with E-state index in [1.807, 2.05) is 48.6 Å². The Labute approximate surface area is 315 Å². The smallest absolute Gasteiger partial charge is 0.462 e. The lowest BCUT2D eigenvalue weighted by Gasteiger charge is -2.18. The molecular weight excluding hydrogens is 679 g/mol. The van der Waals surface area contributed by atoms with Crippen LogP contribution in [0.2, 0.25) is 0 Å². The van der Waals surface area contributed by atoms with E-state index >= 15 is 0 Å². The summed E-state index contributed by atoms with van der Waals surface area (Å²) in [6.45, 7) is 5.76. The molecule has 9 nitrogen and oxygen atoms in total. The molecule has 0 amide bonds. The van der Waals surface area contributed by atoms with E-state index in [0.29, 0.717) is 25.7 Å². The van der Waals surface area contributed by atoms with Crippen molar-refractivity contribution in [3.63, 3.8) is 0 Å². The number of hydrogen-bond acceptors (Lipinski definition) is 7. The van der Waals surface area contributed by atoms with E-state index in [0.717, 1.165) is 44.4 Å². The third-order valence-corrected chi connectivity index (χ3v) is 8.86. The third-order valence-electron chi connectivity index (χ3n) is 8.37. The molecule has 0 bridgehead atoms.